The molecule has 1 aromatic heterocycles. The Hall–Kier alpha value is -3.14. The molecule has 4 heteroatoms. The Morgan fingerprint density at radius 1 is 0.958 bits per heavy atom. The van der Waals surface area contributed by atoms with Crippen LogP contribution < -0.4 is 10.3 Å². The van der Waals surface area contributed by atoms with Gasteiger partial charge in [-0.05, 0) is 22.9 Å². The fourth-order valence-corrected chi connectivity index (χ4v) is 3.04. The van der Waals surface area contributed by atoms with Crippen molar-refractivity contribution in [2.24, 2.45) is 7.05 Å². The van der Waals surface area contributed by atoms with E-state index in [0.29, 0.717) is 22.5 Å². The number of benzene rings is 3. The molecule has 0 aliphatic heterocycles. The molecule has 0 N–H and O–H groups in total. The minimum Gasteiger partial charge on any atom is -0.497 e. The van der Waals surface area contributed by atoms with Gasteiger partial charge in [-0.25, -0.2) is 4.98 Å². The number of aromatic nitrogens is 2. The van der Waals surface area contributed by atoms with Crippen LogP contribution in [0.25, 0.3) is 33.1 Å². The normalized spacial score (nSPS) is 11.1. The van der Waals surface area contributed by atoms with Gasteiger partial charge in [-0.3, -0.25) is 9.36 Å². The number of hydrogen-bond donors (Lipinski definition) is 0. The molecule has 118 valence electrons. The monoisotopic (exact) mass is 316 g/mol. The molecule has 0 saturated heterocycles. The van der Waals surface area contributed by atoms with E-state index >= 15 is 0 Å². The van der Waals surface area contributed by atoms with Crippen LogP contribution in [-0.2, 0) is 7.05 Å². The molecule has 24 heavy (non-hydrogen) atoms. The number of fused-ring (bicyclic) bond motifs is 2. The van der Waals surface area contributed by atoms with Crippen molar-refractivity contribution in [1.29, 1.82) is 0 Å². The molecule has 0 aliphatic carbocycles. The molecular formula is C20H16N2O2. The predicted octanol–water partition coefficient (Wildman–Crippen LogP) is 3.76. The summed E-state index contributed by atoms with van der Waals surface area (Å²) in [5.74, 6) is 1.34. The SMILES string of the molecule is COc1ccc2c(=O)n(C)c(-c3cccc4ccccc34)nc2c1. The van der Waals surface area contributed by atoms with Gasteiger partial charge < -0.3 is 4.74 Å². The topological polar surface area (TPSA) is 44.1 Å². The van der Waals surface area contributed by atoms with Crippen LogP contribution in [0.5, 0.6) is 5.75 Å². The summed E-state index contributed by atoms with van der Waals surface area (Å²) in [5, 5.41) is 2.78. The number of rotatable bonds is 2. The largest absolute Gasteiger partial charge is 0.497 e. The van der Waals surface area contributed by atoms with Gasteiger partial charge in [0.05, 0.1) is 18.0 Å². The molecule has 0 fully saturated rings. The Morgan fingerprint density at radius 3 is 2.58 bits per heavy atom. The Labute approximate surface area is 139 Å². The average molecular weight is 316 g/mol. The molecule has 0 bridgehead atoms. The maximum Gasteiger partial charge on any atom is 0.261 e. The Balaban J connectivity index is 2.09. The lowest BCUT2D eigenvalue weighted by Crippen LogP contribution is -2.20. The van der Waals surface area contributed by atoms with Gasteiger partial charge >= 0.3 is 0 Å². The van der Waals surface area contributed by atoms with Crippen LogP contribution in [-0.4, -0.2) is 16.7 Å². The second kappa shape index (κ2) is 5.49. The fraction of sp³-hybridized carbons (Fsp3) is 0.100. The van der Waals surface area contributed by atoms with Crippen molar-refractivity contribution in [2.75, 3.05) is 7.11 Å². The highest BCUT2D eigenvalue weighted by molar-refractivity contribution is 5.96. The highest BCUT2D eigenvalue weighted by atomic mass is 16.5. The lowest BCUT2D eigenvalue weighted by Gasteiger charge is -2.12. The number of nitrogens with zero attached hydrogens (tertiary/aromatic N) is 2. The molecule has 0 saturated carbocycles. The van der Waals surface area contributed by atoms with Crippen LogP contribution in [0.1, 0.15) is 0 Å². The van der Waals surface area contributed by atoms with E-state index in [-0.39, 0.29) is 5.56 Å². The van der Waals surface area contributed by atoms with E-state index in [1.54, 1.807) is 36.9 Å². The van der Waals surface area contributed by atoms with E-state index in [4.69, 9.17) is 9.72 Å². The quantitative estimate of drug-likeness (QED) is 0.565. The molecule has 0 amide bonds. The van der Waals surface area contributed by atoms with Gasteiger partial charge in [-0.1, -0.05) is 42.5 Å². The molecule has 1 heterocycles. The maximum atomic E-state index is 12.7. The second-order valence-electron chi connectivity index (χ2n) is 5.71. The van der Waals surface area contributed by atoms with E-state index in [1.165, 1.54) is 0 Å². The molecule has 0 aliphatic rings. The van der Waals surface area contributed by atoms with Gasteiger partial charge in [0.25, 0.3) is 5.56 Å². The van der Waals surface area contributed by atoms with E-state index in [2.05, 4.69) is 12.1 Å². The lowest BCUT2D eigenvalue weighted by molar-refractivity contribution is 0.415. The summed E-state index contributed by atoms with van der Waals surface area (Å²) in [7, 11) is 3.37. The van der Waals surface area contributed by atoms with E-state index in [0.717, 1.165) is 16.3 Å². The smallest absolute Gasteiger partial charge is 0.261 e. The second-order valence-corrected chi connectivity index (χ2v) is 5.71. The summed E-state index contributed by atoms with van der Waals surface area (Å²) in [6.45, 7) is 0. The van der Waals surface area contributed by atoms with Crippen LogP contribution >= 0.6 is 0 Å². The zero-order chi connectivity index (χ0) is 16.7. The van der Waals surface area contributed by atoms with Crippen molar-refractivity contribution in [3.8, 4) is 17.1 Å². The summed E-state index contributed by atoms with van der Waals surface area (Å²) in [6, 6.07) is 19.5. The highest BCUT2D eigenvalue weighted by Gasteiger charge is 2.13. The molecule has 0 radical (unpaired) electrons. The molecule has 3 aromatic carbocycles. The molecule has 0 unspecified atom stereocenters. The van der Waals surface area contributed by atoms with Gasteiger partial charge in [-0.2, -0.15) is 0 Å². The Bertz CT molecular complexity index is 1120. The fourth-order valence-electron chi connectivity index (χ4n) is 3.04. The van der Waals surface area contributed by atoms with Gasteiger partial charge in [0.2, 0.25) is 0 Å². The van der Waals surface area contributed by atoms with E-state index in [9.17, 15) is 4.79 Å². The summed E-state index contributed by atoms with van der Waals surface area (Å²) >= 11 is 0. The maximum absolute atomic E-state index is 12.7. The summed E-state index contributed by atoms with van der Waals surface area (Å²) in [5.41, 5.74) is 1.52. The molecule has 0 atom stereocenters. The Morgan fingerprint density at radius 2 is 1.75 bits per heavy atom. The molecular weight excluding hydrogens is 300 g/mol. The third kappa shape index (κ3) is 2.15. The van der Waals surface area contributed by atoms with Crippen LogP contribution in [0, 0.1) is 0 Å². The molecule has 4 nitrogen and oxygen atoms in total. The number of methoxy groups -OCH3 is 1. The van der Waals surface area contributed by atoms with Gasteiger partial charge in [0, 0.05) is 18.7 Å². The summed E-state index contributed by atoms with van der Waals surface area (Å²) in [4.78, 5) is 17.5. The minimum absolute atomic E-state index is 0.0643. The van der Waals surface area contributed by atoms with Crippen molar-refractivity contribution < 1.29 is 4.74 Å². The average Bonchev–Trinajstić information content (AvgIpc) is 2.64. The third-order valence-corrected chi connectivity index (χ3v) is 4.31. The molecule has 0 spiro atoms. The summed E-state index contributed by atoms with van der Waals surface area (Å²) < 4.78 is 6.87. The minimum atomic E-state index is -0.0643. The first kappa shape index (κ1) is 14.5. The first-order valence-electron chi connectivity index (χ1n) is 7.72. The zero-order valence-electron chi connectivity index (χ0n) is 13.5. The Kier molecular flexibility index (Phi) is 3.31. The van der Waals surface area contributed by atoms with Crippen LogP contribution in [0.3, 0.4) is 0 Å². The summed E-state index contributed by atoms with van der Waals surface area (Å²) in [6.07, 6.45) is 0. The van der Waals surface area contributed by atoms with Crippen LogP contribution in [0.2, 0.25) is 0 Å². The van der Waals surface area contributed by atoms with Crippen molar-refractivity contribution >= 4 is 21.7 Å². The van der Waals surface area contributed by atoms with E-state index in [1.807, 2.05) is 30.3 Å². The van der Waals surface area contributed by atoms with Crippen molar-refractivity contribution in [2.45, 2.75) is 0 Å². The van der Waals surface area contributed by atoms with Crippen molar-refractivity contribution in [3.63, 3.8) is 0 Å². The first-order valence-corrected chi connectivity index (χ1v) is 7.72. The first-order chi connectivity index (χ1) is 11.7. The van der Waals surface area contributed by atoms with Crippen LogP contribution in [0.4, 0.5) is 0 Å². The zero-order valence-corrected chi connectivity index (χ0v) is 13.5. The van der Waals surface area contributed by atoms with Gasteiger partial charge in [0.1, 0.15) is 11.6 Å². The third-order valence-electron chi connectivity index (χ3n) is 4.31. The predicted molar refractivity (Wildman–Crippen MR) is 96.5 cm³/mol. The molecule has 4 rings (SSSR count). The van der Waals surface area contributed by atoms with Crippen molar-refractivity contribution in [1.82, 2.24) is 9.55 Å². The lowest BCUT2D eigenvalue weighted by atomic mass is 10.0. The van der Waals surface area contributed by atoms with Gasteiger partial charge in [0.15, 0.2) is 0 Å². The van der Waals surface area contributed by atoms with Gasteiger partial charge in [-0.15, -0.1) is 0 Å². The highest BCUT2D eigenvalue weighted by Crippen LogP contribution is 2.28. The standard InChI is InChI=1S/C20H16N2O2/c1-22-19(16-9-5-7-13-6-3-4-8-15(13)16)21-18-12-14(24-2)10-11-17(18)20(22)23/h3-12H,1-2H3. The number of ether oxygens (including phenoxy) is 1. The van der Waals surface area contributed by atoms with Crippen LogP contribution in [0.15, 0.2) is 65.5 Å². The van der Waals surface area contributed by atoms with E-state index < -0.39 is 0 Å². The van der Waals surface area contributed by atoms with Crippen molar-refractivity contribution in [3.05, 3.63) is 71.0 Å². The molecule has 4 aromatic rings. The number of hydrogen-bond acceptors (Lipinski definition) is 3.